The monoisotopic (exact) mass is 399 g/mol. The molecule has 7 nitrogen and oxygen atoms in total. The second-order valence-corrected chi connectivity index (χ2v) is 8.07. The number of carbonyl (C=O) groups excluding carboxylic acids is 1. The topological polar surface area (TPSA) is 79.0 Å². The molecule has 1 atom stereocenters. The maximum Gasteiger partial charge on any atom is 0.292 e. The van der Waals surface area contributed by atoms with Crippen LogP contribution in [0.2, 0.25) is 0 Å². The summed E-state index contributed by atoms with van der Waals surface area (Å²) in [5.41, 5.74) is 2.12. The van der Waals surface area contributed by atoms with E-state index in [1.54, 1.807) is 18.1 Å². The molecule has 1 amide bonds. The van der Waals surface area contributed by atoms with Crippen LogP contribution in [0.1, 0.15) is 53.4 Å². The van der Waals surface area contributed by atoms with Gasteiger partial charge in [-0.3, -0.25) is 9.69 Å². The summed E-state index contributed by atoms with van der Waals surface area (Å²) in [5.74, 6) is 1.32. The average molecular weight is 399 g/mol. The van der Waals surface area contributed by atoms with Gasteiger partial charge in [0.25, 0.3) is 5.91 Å². The summed E-state index contributed by atoms with van der Waals surface area (Å²) in [4.78, 5) is 16.7. The molecule has 2 aromatic rings. The van der Waals surface area contributed by atoms with Gasteiger partial charge in [0.15, 0.2) is 0 Å². The number of aromatic nitrogens is 1. The molecule has 29 heavy (non-hydrogen) atoms. The fourth-order valence-corrected chi connectivity index (χ4v) is 4.29. The summed E-state index contributed by atoms with van der Waals surface area (Å²) in [6.45, 7) is 3.91. The molecule has 2 fully saturated rings. The Morgan fingerprint density at radius 2 is 2.07 bits per heavy atom. The van der Waals surface area contributed by atoms with E-state index >= 15 is 0 Å². The van der Waals surface area contributed by atoms with Crippen LogP contribution in [0.3, 0.4) is 0 Å². The first-order valence-corrected chi connectivity index (χ1v) is 10.4. The number of benzene rings is 1. The van der Waals surface area contributed by atoms with E-state index in [0.29, 0.717) is 19.0 Å². The smallest absolute Gasteiger partial charge is 0.292 e. The van der Waals surface area contributed by atoms with Crippen LogP contribution < -0.4 is 4.74 Å². The molecule has 3 heterocycles. The van der Waals surface area contributed by atoms with Crippen LogP contribution in [0.25, 0.3) is 0 Å². The summed E-state index contributed by atoms with van der Waals surface area (Å²) in [7, 11) is 1.69. The molecule has 0 radical (unpaired) electrons. The van der Waals surface area contributed by atoms with Crippen molar-refractivity contribution in [3.05, 3.63) is 47.3 Å². The molecule has 7 heteroatoms. The number of β-amino-alcohol motifs (C(OH)–C–C–N with tert-alkyl or cyclic N) is 1. The highest BCUT2D eigenvalue weighted by Crippen LogP contribution is 2.29. The summed E-state index contributed by atoms with van der Waals surface area (Å²) in [5, 5.41) is 14.0. The third-order valence-corrected chi connectivity index (χ3v) is 5.97. The number of hydrogen-bond donors (Lipinski definition) is 1. The fraction of sp³-hybridized carbons (Fsp3) is 0.545. The van der Waals surface area contributed by atoms with E-state index in [1.165, 1.54) is 5.56 Å². The van der Waals surface area contributed by atoms with Crippen molar-refractivity contribution in [2.45, 2.75) is 44.2 Å². The second-order valence-electron chi connectivity index (χ2n) is 8.07. The van der Waals surface area contributed by atoms with Crippen molar-refractivity contribution in [1.82, 2.24) is 15.0 Å². The van der Waals surface area contributed by atoms with Gasteiger partial charge in [0.1, 0.15) is 5.75 Å². The normalized spacial score (nSPS) is 21.3. The van der Waals surface area contributed by atoms with E-state index in [0.717, 1.165) is 56.8 Å². The molecular formula is C22H29N3O4. The van der Waals surface area contributed by atoms with E-state index < -0.39 is 6.10 Å². The van der Waals surface area contributed by atoms with Gasteiger partial charge in [-0.2, -0.15) is 0 Å². The first-order chi connectivity index (χ1) is 14.1. The number of rotatable bonds is 5. The largest absolute Gasteiger partial charge is 0.497 e. The van der Waals surface area contributed by atoms with Crippen molar-refractivity contribution in [3.63, 3.8) is 0 Å². The molecule has 0 aliphatic carbocycles. The Balaban J connectivity index is 1.31. The van der Waals surface area contributed by atoms with Crippen LogP contribution >= 0.6 is 0 Å². The standard InChI is InChI=1S/C22H29N3O4/c1-28-19-6-2-4-16(12-19)14-24-10-7-17(8-11-24)20-13-21(29-23-20)22(27)25-9-3-5-18(26)15-25/h2,4,6,12-13,17-18,26H,3,5,7-11,14-15H2,1H3. The Labute approximate surface area is 171 Å². The van der Waals surface area contributed by atoms with Gasteiger partial charge in [0, 0.05) is 31.6 Å². The fourth-order valence-electron chi connectivity index (χ4n) is 4.29. The zero-order chi connectivity index (χ0) is 20.2. The Morgan fingerprint density at radius 1 is 1.24 bits per heavy atom. The van der Waals surface area contributed by atoms with Crippen molar-refractivity contribution in [2.75, 3.05) is 33.3 Å². The number of ether oxygens (including phenoxy) is 1. The lowest BCUT2D eigenvalue weighted by Crippen LogP contribution is -2.42. The van der Waals surface area contributed by atoms with Crippen molar-refractivity contribution in [2.24, 2.45) is 0 Å². The average Bonchev–Trinajstić information content (AvgIpc) is 3.24. The van der Waals surface area contributed by atoms with Gasteiger partial charge in [-0.05, 0) is 56.5 Å². The van der Waals surface area contributed by atoms with Gasteiger partial charge in [0.2, 0.25) is 5.76 Å². The number of nitrogens with zero attached hydrogens (tertiary/aromatic N) is 3. The van der Waals surface area contributed by atoms with Gasteiger partial charge in [0.05, 0.1) is 18.9 Å². The molecule has 1 N–H and O–H groups in total. The lowest BCUT2D eigenvalue weighted by molar-refractivity contribution is 0.0441. The first-order valence-electron chi connectivity index (χ1n) is 10.4. The molecule has 0 saturated carbocycles. The van der Waals surface area contributed by atoms with Crippen LogP contribution in [0.5, 0.6) is 5.75 Å². The molecule has 2 aliphatic rings. The number of amides is 1. The van der Waals surface area contributed by atoms with E-state index in [9.17, 15) is 9.90 Å². The van der Waals surface area contributed by atoms with Crippen LogP contribution in [0, 0.1) is 0 Å². The number of hydrogen-bond acceptors (Lipinski definition) is 6. The van der Waals surface area contributed by atoms with Crippen LogP contribution in [-0.4, -0.2) is 65.4 Å². The third-order valence-electron chi connectivity index (χ3n) is 5.97. The minimum Gasteiger partial charge on any atom is -0.497 e. The second kappa shape index (κ2) is 8.97. The van der Waals surface area contributed by atoms with E-state index in [4.69, 9.17) is 9.26 Å². The maximum atomic E-state index is 12.6. The number of methoxy groups -OCH3 is 1. The lowest BCUT2D eigenvalue weighted by atomic mass is 9.93. The molecule has 2 saturated heterocycles. The minimum absolute atomic E-state index is 0.169. The molecule has 0 spiro atoms. The zero-order valence-electron chi connectivity index (χ0n) is 16.9. The van der Waals surface area contributed by atoms with Gasteiger partial charge in [-0.25, -0.2) is 0 Å². The highest BCUT2D eigenvalue weighted by molar-refractivity contribution is 5.91. The quantitative estimate of drug-likeness (QED) is 0.833. The first kappa shape index (κ1) is 19.9. The lowest BCUT2D eigenvalue weighted by Gasteiger charge is -2.31. The number of carbonyl (C=O) groups is 1. The Hall–Kier alpha value is -2.38. The van der Waals surface area contributed by atoms with E-state index in [-0.39, 0.29) is 11.7 Å². The summed E-state index contributed by atoms with van der Waals surface area (Å²) >= 11 is 0. The highest BCUT2D eigenvalue weighted by atomic mass is 16.5. The number of aliphatic hydroxyl groups is 1. The van der Waals surface area contributed by atoms with E-state index in [2.05, 4.69) is 22.2 Å². The molecule has 4 rings (SSSR count). The number of piperidine rings is 2. The van der Waals surface area contributed by atoms with Crippen LogP contribution in [-0.2, 0) is 6.54 Å². The highest BCUT2D eigenvalue weighted by Gasteiger charge is 2.28. The Bertz CT molecular complexity index is 829. The van der Waals surface area contributed by atoms with Crippen molar-refractivity contribution in [3.8, 4) is 5.75 Å². The number of likely N-dealkylation sites (tertiary alicyclic amines) is 2. The molecule has 156 valence electrons. The summed E-state index contributed by atoms with van der Waals surface area (Å²) < 4.78 is 10.7. The minimum atomic E-state index is -0.441. The van der Waals surface area contributed by atoms with Crippen LogP contribution in [0.4, 0.5) is 0 Å². The third kappa shape index (κ3) is 4.79. The molecule has 1 aromatic carbocycles. The Kier molecular flexibility index (Phi) is 6.16. The molecule has 0 bridgehead atoms. The van der Waals surface area contributed by atoms with Crippen molar-refractivity contribution < 1.29 is 19.2 Å². The summed E-state index contributed by atoms with van der Waals surface area (Å²) in [6.07, 6.45) is 3.11. The van der Waals surface area contributed by atoms with Gasteiger partial charge < -0.3 is 19.3 Å². The van der Waals surface area contributed by atoms with Crippen LogP contribution in [0.15, 0.2) is 34.9 Å². The van der Waals surface area contributed by atoms with Gasteiger partial charge in [-0.15, -0.1) is 0 Å². The van der Waals surface area contributed by atoms with E-state index in [1.807, 2.05) is 12.1 Å². The molecule has 2 aliphatic heterocycles. The van der Waals surface area contributed by atoms with Gasteiger partial charge >= 0.3 is 0 Å². The predicted octanol–water partition coefficient (Wildman–Crippen LogP) is 2.66. The van der Waals surface area contributed by atoms with Crippen molar-refractivity contribution >= 4 is 5.91 Å². The maximum absolute atomic E-state index is 12.6. The van der Waals surface area contributed by atoms with Gasteiger partial charge in [-0.1, -0.05) is 17.3 Å². The zero-order valence-corrected chi connectivity index (χ0v) is 16.9. The SMILES string of the molecule is COc1cccc(CN2CCC(c3cc(C(=O)N4CCCC(O)C4)on3)CC2)c1. The molecular weight excluding hydrogens is 370 g/mol. The number of aliphatic hydroxyl groups excluding tert-OH is 1. The predicted molar refractivity (Wildman–Crippen MR) is 108 cm³/mol. The molecule has 1 aromatic heterocycles. The summed E-state index contributed by atoms with van der Waals surface area (Å²) in [6, 6.07) is 9.99. The Morgan fingerprint density at radius 3 is 2.83 bits per heavy atom. The van der Waals surface area contributed by atoms with Crippen molar-refractivity contribution in [1.29, 1.82) is 0 Å². The molecule has 1 unspecified atom stereocenters.